The first-order chi connectivity index (χ1) is 18.4. The van der Waals surface area contributed by atoms with Gasteiger partial charge in [-0.15, -0.1) is 0 Å². The number of aromatic nitrogens is 1. The average Bonchev–Trinajstić information content (AvgIpc) is 3.28. The molecular weight excluding hydrogens is 585 g/mol. The van der Waals surface area contributed by atoms with Gasteiger partial charge in [0.05, 0.1) is 53.9 Å². The fraction of sp³-hybridized carbons (Fsp3) is 0.435. The summed E-state index contributed by atoms with van der Waals surface area (Å²) in [6.07, 6.45) is -11.2. The number of hydrogen-bond acceptors (Lipinski definition) is 6. The molecule has 17 heteroatoms. The minimum absolute atomic E-state index is 0.0413. The number of carbonyl (C=O) groups is 1. The summed E-state index contributed by atoms with van der Waals surface area (Å²) in [6, 6.07) is 2.05. The molecule has 0 bridgehead atoms. The van der Waals surface area contributed by atoms with Crippen molar-refractivity contribution in [3.8, 4) is 0 Å². The number of benzene rings is 1. The molecule has 40 heavy (non-hydrogen) atoms. The van der Waals surface area contributed by atoms with Gasteiger partial charge < -0.3 is 9.74 Å². The summed E-state index contributed by atoms with van der Waals surface area (Å²) in [5.74, 6) is -5.79. The summed E-state index contributed by atoms with van der Waals surface area (Å²) in [5, 5.41) is 3.33. The Kier molecular flexibility index (Phi) is 6.39. The summed E-state index contributed by atoms with van der Waals surface area (Å²) in [5.41, 5.74) is -9.97. The molecule has 0 spiro atoms. The zero-order valence-corrected chi connectivity index (χ0v) is 20.7. The van der Waals surface area contributed by atoms with Crippen molar-refractivity contribution in [3.63, 3.8) is 0 Å². The molecule has 0 aliphatic carbocycles. The Labute approximate surface area is 221 Å². The largest absolute Gasteiger partial charge is 0.435 e. The zero-order valence-electron chi connectivity index (χ0n) is 19.9. The van der Waals surface area contributed by atoms with E-state index in [4.69, 9.17) is 0 Å². The lowest BCUT2D eigenvalue weighted by Gasteiger charge is -2.51. The van der Waals surface area contributed by atoms with E-state index >= 15 is 4.39 Å². The second kappa shape index (κ2) is 8.97. The van der Waals surface area contributed by atoms with E-state index < -0.39 is 80.9 Å². The average molecular weight is 603 g/mol. The number of pyridine rings is 1. The van der Waals surface area contributed by atoms with Crippen molar-refractivity contribution >= 4 is 22.2 Å². The van der Waals surface area contributed by atoms with Crippen molar-refractivity contribution in [2.24, 2.45) is 11.1 Å². The number of oxime groups is 1. The fourth-order valence-corrected chi connectivity index (χ4v) is 6.27. The normalized spacial score (nSPS) is 25.0. The lowest BCUT2D eigenvalue weighted by Crippen LogP contribution is -2.62. The van der Waals surface area contributed by atoms with Gasteiger partial charge in [-0.3, -0.25) is 18.9 Å². The Balaban J connectivity index is 1.34. The van der Waals surface area contributed by atoms with Gasteiger partial charge in [0, 0.05) is 17.3 Å². The molecule has 4 heterocycles. The van der Waals surface area contributed by atoms with Crippen molar-refractivity contribution in [2.45, 2.75) is 30.0 Å². The van der Waals surface area contributed by atoms with Crippen LogP contribution in [0.2, 0.25) is 0 Å². The highest BCUT2D eigenvalue weighted by atomic mass is 32.3. The van der Waals surface area contributed by atoms with E-state index in [1.165, 1.54) is 4.90 Å². The Bertz CT molecular complexity index is 1380. The lowest BCUT2D eigenvalue weighted by atomic mass is 9.85. The van der Waals surface area contributed by atoms with Crippen LogP contribution in [0.25, 0.3) is 0 Å². The van der Waals surface area contributed by atoms with Crippen molar-refractivity contribution in [2.75, 3.05) is 24.6 Å². The van der Waals surface area contributed by atoms with E-state index in [2.05, 4.69) is 15.0 Å². The smallest absolute Gasteiger partial charge is 0.374 e. The first-order valence-electron chi connectivity index (χ1n) is 11.4. The van der Waals surface area contributed by atoms with Crippen molar-refractivity contribution < 1.29 is 58.3 Å². The van der Waals surface area contributed by atoms with Crippen LogP contribution in [-0.4, -0.2) is 61.4 Å². The van der Waals surface area contributed by atoms with Gasteiger partial charge in [0.2, 0.25) is 5.91 Å². The Morgan fingerprint density at radius 1 is 1.07 bits per heavy atom. The molecular formula is C23H18F9N3O4S. The van der Waals surface area contributed by atoms with Gasteiger partial charge in [-0.2, -0.15) is 36.9 Å². The summed E-state index contributed by atoms with van der Waals surface area (Å²) in [6.45, 7) is -0.764. The van der Waals surface area contributed by atoms with Crippen LogP contribution in [0, 0.1) is 17.6 Å². The second-order valence-corrected chi connectivity index (χ2v) is 12.1. The molecule has 0 radical (unpaired) electrons. The third-order valence-corrected chi connectivity index (χ3v) is 8.89. The van der Waals surface area contributed by atoms with E-state index in [1.54, 1.807) is 0 Å². The number of likely N-dealkylation sites (tertiary alicyclic amines) is 1. The van der Waals surface area contributed by atoms with Crippen LogP contribution < -0.4 is 0 Å². The third-order valence-electron chi connectivity index (χ3n) is 7.02. The Morgan fingerprint density at radius 2 is 1.73 bits per heavy atom. The molecule has 1 unspecified atom stereocenters. The summed E-state index contributed by atoms with van der Waals surface area (Å²) in [4.78, 5) is 22.0. The summed E-state index contributed by atoms with van der Waals surface area (Å²) >= 11 is 0. The van der Waals surface area contributed by atoms with Gasteiger partial charge in [0.1, 0.15) is 0 Å². The van der Waals surface area contributed by atoms with Crippen molar-refractivity contribution in [3.05, 3.63) is 64.5 Å². The minimum Gasteiger partial charge on any atom is -0.374 e. The Hall–Kier alpha value is -3.05. The molecule has 1 aromatic heterocycles. The van der Waals surface area contributed by atoms with Gasteiger partial charge in [-0.25, -0.2) is 13.2 Å². The molecule has 1 aromatic carbocycles. The van der Waals surface area contributed by atoms with Crippen LogP contribution in [0.3, 0.4) is 0 Å². The van der Waals surface area contributed by atoms with Crippen LogP contribution in [0.1, 0.15) is 28.8 Å². The number of alkyl halides is 7. The molecule has 1 atom stereocenters. The first kappa shape index (κ1) is 28.5. The molecule has 3 aliphatic heterocycles. The van der Waals surface area contributed by atoms with Crippen LogP contribution in [0.5, 0.6) is 0 Å². The van der Waals surface area contributed by atoms with Gasteiger partial charge >= 0.3 is 12.4 Å². The second-order valence-electron chi connectivity index (χ2n) is 9.87. The molecule has 2 saturated heterocycles. The molecule has 0 saturated carbocycles. The molecule has 2 fully saturated rings. The first-order valence-corrected chi connectivity index (χ1v) is 13.3. The van der Waals surface area contributed by atoms with E-state index in [0.29, 0.717) is 0 Å². The van der Waals surface area contributed by atoms with Crippen LogP contribution >= 0.6 is 10.6 Å². The minimum atomic E-state index is -5.50. The highest BCUT2D eigenvalue weighted by Gasteiger charge is 2.63. The number of amides is 1. The molecule has 2 aromatic rings. The highest BCUT2D eigenvalue weighted by Crippen LogP contribution is 2.53. The van der Waals surface area contributed by atoms with Crippen LogP contribution in [-0.2, 0) is 27.1 Å². The number of nitrogens with zero attached hydrogens (tertiary/aromatic N) is 3. The highest BCUT2D eigenvalue weighted by molar-refractivity contribution is 8.25. The monoisotopic (exact) mass is 603 g/mol. The number of carbonyl (C=O) groups excluding carboxylic acids is 1. The van der Waals surface area contributed by atoms with Gasteiger partial charge in [-0.1, -0.05) is 5.16 Å². The predicted molar refractivity (Wildman–Crippen MR) is 121 cm³/mol. The number of rotatable bonds is 4. The molecule has 1 amide bonds. The van der Waals surface area contributed by atoms with Gasteiger partial charge in [0.15, 0.2) is 17.3 Å². The van der Waals surface area contributed by atoms with E-state index in [9.17, 15) is 49.0 Å². The number of halogens is 9. The van der Waals surface area contributed by atoms with E-state index in [1.807, 2.05) is 0 Å². The molecule has 218 valence electrons. The molecule has 7 nitrogen and oxygen atoms in total. The molecule has 3 aliphatic rings. The SMILES string of the molecule is O=C(C1CS(O)(O)C1)N1CC(F)(c2ccc(C3=NOC(c4cc(F)c(F)c(C(F)(F)F)c4)(C(F)(F)F)C3)cn2)C1. The lowest BCUT2D eigenvalue weighted by molar-refractivity contribution is -0.276. The third kappa shape index (κ3) is 4.66. The Morgan fingerprint density at radius 3 is 2.25 bits per heavy atom. The van der Waals surface area contributed by atoms with Crippen LogP contribution in [0.4, 0.5) is 39.5 Å². The fourth-order valence-electron chi connectivity index (χ4n) is 4.79. The maximum Gasteiger partial charge on any atom is 0.435 e. The van der Waals surface area contributed by atoms with E-state index in [-0.39, 0.29) is 48.0 Å². The maximum absolute atomic E-state index is 15.3. The van der Waals surface area contributed by atoms with Gasteiger partial charge in [-0.05, 0) is 24.3 Å². The standard InChI is InChI=1S/C23H18F9N3O4S/c24-15-4-13(3-14(18(15)25)22(27,28)29)21(23(30,31)32)5-16(34-39-21)11-1-2-17(33-6-11)20(26)9-35(10-20)19(36)12-7-40(37,38)8-12/h1-4,6,12,37-38H,5,7-10H2. The zero-order chi connectivity index (χ0) is 29.5. The van der Waals surface area contributed by atoms with E-state index in [0.717, 1.165) is 18.3 Å². The maximum atomic E-state index is 15.3. The number of hydrogen-bond donors (Lipinski definition) is 2. The van der Waals surface area contributed by atoms with Crippen molar-refractivity contribution in [1.82, 2.24) is 9.88 Å². The molecule has 2 N–H and O–H groups in total. The summed E-state index contributed by atoms with van der Waals surface area (Å²) < 4.78 is 144. The quantitative estimate of drug-likeness (QED) is 0.460. The van der Waals surface area contributed by atoms with Crippen molar-refractivity contribution in [1.29, 1.82) is 0 Å². The topological polar surface area (TPSA) is 95.2 Å². The van der Waals surface area contributed by atoms with Crippen LogP contribution in [0.15, 0.2) is 35.6 Å². The molecule has 5 rings (SSSR count). The predicted octanol–water partition coefficient (Wildman–Crippen LogP) is 5.35. The summed E-state index contributed by atoms with van der Waals surface area (Å²) in [7, 11) is -2.77. The van der Waals surface area contributed by atoms with Gasteiger partial charge in [0.25, 0.3) is 5.60 Å².